The molecule has 0 aromatic heterocycles. The summed E-state index contributed by atoms with van der Waals surface area (Å²) in [5.41, 5.74) is -1.82. The predicted molar refractivity (Wildman–Crippen MR) is 45.3 cm³/mol. The number of ether oxygens (including phenoxy) is 1. The van der Waals surface area contributed by atoms with Gasteiger partial charge < -0.3 is 20.3 Å². The highest BCUT2D eigenvalue weighted by Crippen LogP contribution is 2.25. The summed E-state index contributed by atoms with van der Waals surface area (Å²) in [5, 5.41) is 20.7. The number of carbonyl (C=O) groups excluding carboxylic acids is 2. The van der Waals surface area contributed by atoms with Gasteiger partial charge in [0, 0.05) is 0 Å². The van der Waals surface area contributed by atoms with Crippen molar-refractivity contribution in [2.45, 2.75) is 12.5 Å². The summed E-state index contributed by atoms with van der Waals surface area (Å²) >= 11 is 0. The molecule has 1 unspecified atom stereocenters. The summed E-state index contributed by atoms with van der Waals surface area (Å²) in [4.78, 5) is 22.4. The standard InChI is InChI=1S/C8H11NO5/c1-4-5(11)8(3-10,7(13)14-2)9-6(4)12/h10-11H,3H2,1-2H3,(H,9,12). The topological polar surface area (TPSA) is 95.9 Å². The van der Waals surface area contributed by atoms with E-state index in [4.69, 9.17) is 5.11 Å². The van der Waals surface area contributed by atoms with Crippen molar-refractivity contribution in [3.05, 3.63) is 11.3 Å². The summed E-state index contributed by atoms with van der Waals surface area (Å²) in [7, 11) is 1.10. The Morgan fingerprint density at radius 2 is 2.21 bits per heavy atom. The fourth-order valence-corrected chi connectivity index (χ4v) is 1.28. The van der Waals surface area contributed by atoms with Crippen molar-refractivity contribution in [2.75, 3.05) is 13.7 Å². The first kappa shape index (κ1) is 10.5. The predicted octanol–water partition coefficient (Wildman–Crippen LogP) is -1.15. The lowest BCUT2D eigenvalue weighted by Gasteiger charge is -2.23. The number of amides is 1. The van der Waals surface area contributed by atoms with Crippen LogP contribution in [0.4, 0.5) is 0 Å². The maximum absolute atomic E-state index is 11.3. The van der Waals surface area contributed by atoms with Gasteiger partial charge in [0.25, 0.3) is 5.91 Å². The van der Waals surface area contributed by atoms with Gasteiger partial charge in [-0.05, 0) is 6.92 Å². The van der Waals surface area contributed by atoms with Crippen molar-refractivity contribution in [3.8, 4) is 0 Å². The molecule has 0 saturated carbocycles. The SMILES string of the molecule is COC(=O)C1(CO)NC(=O)C(C)=C1O. The molecule has 78 valence electrons. The van der Waals surface area contributed by atoms with Crippen molar-refractivity contribution in [3.63, 3.8) is 0 Å². The van der Waals surface area contributed by atoms with E-state index in [1.165, 1.54) is 6.92 Å². The van der Waals surface area contributed by atoms with Gasteiger partial charge in [0.2, 0.25) is 5.54 Å². The number of esters is 1. The minimum absolute atomic E-state index is 0.00412. The molecule has 0 fully saturated rings. The maximum atomic E-state index is 11.3. The molecule has 1 atom stereocenters. The average Bonchev–Trinajstić information content (AvgIpc) is 2.42. The Labute approximate surface area is 80.2 Å². The van der Waals surface area contributed by atoms with Crippen molar-refractivity contribution >= 4 is 11.9 Å². The molecule has 6 nitrogen and oxygen atoms in total. The lowest BCUT2D eigenvalue weighted by Crippen LogP contribution is -2.55. The maximum Gasteiger partial charge on any atom is 0.342 e. The fourth-order valence-electron chi connectivity index (χ4n) is 1.28. The third-order valence-electron chi connectivity index (χ3n) is 2.20. The van der Waals surface area contributed by atoms with Gasteiger partial charge in [-0.15, -0.1) is 0 Å². The number of hydrogen-bond donors (Lipinski definition) is 3. The monoisotopic (exact) mass is 201 g/mol. The quantitative estimate of drug-likeness (QED) is 0.490. The summed E-state index contributed by atoms with van der Waals surface area (Å²) in [6.07, 6.45) is 0. The average molecular weight is 201 g/mol. The largest absolute Gasteiger partial charge is 0.509 e. The van der Waals surface area contributed by atoms with Crippen LogP contribution in [0.25, 0.3) is 0 Å². The summed E-state index contributed by atoms with van der Waals surface area (Å²) in [6.45, 7) is 0.611. The number of hydrogen-bond acceptors (Lipinski definition) is 5. The molecule has 0 saturated heterocycles. The Kier molecular flexibility index (Phi) is 2.48. The third kappa shape index (κ3) is 1.15. The zero-order chi connectivity index (χ0) is 10.9. The Balaban J connectivity index is 3.18. The minimum Gasteiger partial charge on any atom is -0.509 e. The van der Waals surface area contributed by atoms with Crippen molar-refractivity contribution in [2.24, 2.45) is 0 Å². The number of methoxy groups -OCH3 is 1. The number of carbonyl (C=O) groups is 2. The molecule has 0 aliphatic carbocycles. The van der Waals surface area contributed by atoms with Gasteiger partial charge in [0.15, 0.2) is 0 Å². The van der Waals surface area contributed by atoms with Gasteiger partial charge in [-0.3, -0.25) is 4.79 Å². The highest BCUT2D eigenvalue weighted by Gasteiger charge is 2.51. The van der Waals surface area contributed by atoms with E-state index in [1.807, 2.05) is 0 Å². The van der Waals surface area contributed by atoms with E-state index < -0.39 is 29.8 Å². The van der Waals surface area contributed by atoms with Gasteiger partial charge in [-0.25, -0.2) is 4.79 Å². The third-order valence-corrected chi connectivity index (χ3v) is 2.20. The second-order valence-corrected chi connectivity index (χ2v) is 2.98. The van der Waals surface area contributed by atoms with E-state index in [0.717, 1.165) is 7.11 Å². The van der Waals surface area contributed by atoms with Crippen molar-refractivity contribution < 1.29 is 24.5 Å². The molecule has 6 heteroatoms. The van der Waals surface area contributed by atoms with Gasteiger partial charge in [-0.2, -0.15) is 0 Å². The molecule has 1 heterocycles. The molecular formula is C8H11NO5. The Hall–Kier alpha value is -1.56. The molecule has 1 amide bonds. The molecule has 0 aromatic rings. The Morgan fingerprint density at radius 1 is 1.64 bits per heavy atom. The van der Waals surface area contributed by atoms with E-state index in [-0.39, 0.29) is 5.57 Å². The van der Waals surface area contributed by atoms with Crippen LogP contribution in [0.2, 0.25) is 0 Å². The van der Waals surface area contributed by atoms with Crippen LogP contribution in [0.1, 0.15) is 6.92 Å². The van der Waals surface area contributed by atoms with E-state index in [1.54, 1.807) is 0 Å². The number of nitrogens with one attached hydrogen (secondary N) is 1. The normalized spacial score (nSPS) is 26.4. The molecule has 3 N–H and O–H groups in total. The van der Waals surface area contributed by atoms with Gasteiger partial charge in [0.05, 0.1) is 19.3 Å². The molecule has 1 aliphatic rings. The van der Waals surface area contributed by atoms with Crippen molar-refractivity contribution in [1.82, 2.24) is 5.32 Å². The highest BCUT2D eigenvalue weighted by molar-refractivity contribution is 6.04. The van der Waals surface area contributed by atoms with Crippen LogP contribution >= 0.6 is 0 Å². The van der Waals surface area contributed by atoms with E-state index in [2.05, 4.69) is 10.1 Å². The second kappa shape index (κ2) is 3.30. The fraction of sp³-hybridized carbons (Fsp3) is 0.500. The van der Waals surface area contributed by atoms with Gasteiger partial charge in [-0.1, -0.05) is 0 Å². The first-order valence-corrected chi connectivity index (χ1v) is 3.91. The smallest absolute Gasteiger partial charge is 0.342 e. The van der Waals surface area contributed by atoms with Gasteiger partial charge >= 0.3 is 5.97 Å². The summed E-state index contributed by atoms with van der Waals surface area (Å²) < 4.78 is 4.39. The van der Waals surface area contributed by atoms with Crippen LogP contribution in [-0.2, 0) is 14.3 Å². The van der Waals surface area contributed by atoms with Crippen LogP contribution in [-0.4, -0.2) is 41.3 Å². The Bertz CT molecular complexity index is 322. The molecule has 1 rings (SSSR count). The van der Waals surface area contributed by atoms with Crippen molar-refractivity contribution in [1.29, 1.82) is 0 Å². The second-order valence-electron chi connectivity index (χ2n) is 2.98. The number of aliphatic hydroxyl groups excluding tert-OH is 2. The Morgan fingerprint density at radius 3 is 2.50 bits per heavy atom. The number of rotatable bonds is 2. The van der Waals surface area contributed by atoms with Crippen LogP contribution in [0.5, 0.6) is 0 Å². The first-order valence-electron chi connectivity index (χ1n) is 3.91. The molecule has 14 heavy (non-hydrogen) atoms. The molecule has 0 radical (unpaired) electrons. The number of aliphatic hydroxyl groups is 2. The van der Waals surface area contributed by atoms with Crippen LogP contribution in [0, 0.1) is 0 Å². The van der Waals surface area contributed by atoms with E-state index in [9.17, 15) is 14.7 Å². The summed E-state index contributed by atoms with van der Waals surface area (Å²) in [5.74, 6) is -1.98. The lowest BCUT2D eigenvalue weighted by atomic mass is 9.99. The highest BCUT2D eigenvalue weighted by atomic mass is 16.5. The first-order chi connectivity index (χ1) is 6.49. The van der Waals surface area contributed by atoms with Crippen LogP contribution < -0.4 is 5.32 Å². The molecule has 0 aromatic carbocycles. The lowest BCUT2D eigenvalue weighted by molar-refractivity contribution is -0.150. The molecule has 1 aliphatic heterocycles. The van der Waals surface area contributed by atoms with E-state index in [0.29, 0.717) is 0 Å². The molecule has 0 bridgehead atoms. The minimum atomic E-state index is -1.82. The summed E-state index contributed by atoms with van der Waals surface area (Å²) in [6, 6.07) is 0. The molecule has 0 spiro atoms. The van der Waals surface area contributed by atoms with Gasteiger partial charge in [0.1, 0.15) is 5.76 Å². The zero-order valence-corrected chi connectivity index (χ0v) is 7.83. The van der Waals surface area contributed by atoms with Crippen LogP contribution in [0.15, 0.2) is 11.3 Å². The van der Waals surface area contributed by atoms with E-state index >= 15 is 0 Å². The zero-order valence-electron chi connectivity index (χ0n) is 7.83. The van der Waals surface area contributed by atoms with Crippen LogP contribution in [0.3, 0.4) is 0 Å². The molecular weight excluding hydrogens is 190 g/mol.